The van der Waals surface area contributed by atoms with Crippen LogP contribution in [0.15, 0.2) is 97.1 Å². The van der Waals surface area contributed by atoms with E-state index in [2.05, 4.69) is 81.4 Å². The van der Waals surface area contributed by atoms with Gasteiger partial charge >= 0.3 is 5.97 Å². The molecule has 0 aliphatic carbocycles. The Morgan fingerprint density at radius 2 is 1.29 bits per heavy atom. The van der Waals surface area contributed by atoms with Crippen molar-refractivity contribution in [2.45, 2.75) is 20.8 Å². The smallest absolute Gasteiger partial charge is 0.339 e. The molecule has 0 aromatic heterocycles. The van der Waals surface area contributed by atoms with Gasteiger partial charge in [-0.3, -0.25) is 0 Å². The second-order valence-electron chi connectivity index (χ2n) is 8.82. The molecule has 0 fully saturated rings. The van der Waals surface area contributed by atoms with Crippen LogP contribution in [0.2, 0.25) is 0 Å². The van der Waals surface area contributed by atoms with Crippen molar-refractivity contribution in [3.8, 4) is 0 Å². The molecule has 0 radical (unpaired) electrons. The van der Waals surface area contributed by atoms with E-state index in [9.17, 15) is 4.79 Å². The third-order valence-electron chi connectivity index (χ3n) is 5.02. The third kappa shape index (κ3) is 4.86. The van der Waals surface area contributed by atoms with Crippen molar-refractivity contribution >= 4 is 40.6 Å². The van der Waals surface area contributed by atoms with Gasteiger partial charge in [0.15, 0.2) is 0 Å². The zero-order valence-corrected chi connectivity index (χ0v) is 19.1. The SMILES string of the molecule is CC(C)(C)COC(=O)c1c(P(c2ccccc2)c2ccccc2)ccc2ccccc12. The molecule has 0 atom stereocenters. The van der Waals surface area contributed by atoms with Crippen molar-refractivity contribution in [3.05, 3.63) is 103 Å². The van der Waals surface area contributed by atoms with Gasteiger partial charge in [0, 0.05) is 5.30 Å². The predicted molar refractivity (Wildman–Crippen MR) is 132 cm³/mol. The van der Waals surface area contributed by atoms with E-state index in [0.29, 0.717) is 12.2 Å². The molecule has 3 heteroatoms. The molecule has 0 aliphatic heterocycles. The van der Waals surface area contributed by atoms with Crippen molar-refractivity contribution < 1.29 is 9.53 Å². The average Bonchev–Trinajstić information content (AvgIpc) is 2.78. The normalized spacial score (nSPS) is 11.6. The highest BCUT2D eigenvalue weighted by Crippen LogP contribution is 2.36. The molecule has 0 unspecified atom stereocenters. The lowest BCUT2D eigenvalue weighted by molar-refractivity contribution is 0.0371. The highest BCUT2D eigenvalue weighted by molar-refractivity contribution is 7.80. The quantitative estimate of drug-likeness (QED) is 0.298. The molecule has 0 bridgehead atoms. The Balaban J connectivity index is 1.93. The first-order chi connectivity index (χ1) is 14.9. The van der Waals surface area contributed by atoms with E-state index in [1.165, 1.54) is 10.6 Å². The zero-order valence-electron chi connectivity index (χ0n) is 18.2. The van der Waals surface area contributed by atoms with Crippen LogP contribution in [0.1, 0.15) is 31.1 Å². The minimum atomic E-state index is -0.912. The fraction of sp³-hybridized carbons (Fsp3) is 0.179. The Morgan fingerprint density at radius 1 is 0.742 bits per heavy atom. The van der Waals surface area contributed by atoms with Gasteiger partial charge in [0.1, 0.15) is 0 Å². The van der Waals surface area contributed by atoms with Crippen molar-refractivity contribution in [3.63, 3.8) is 0 Å². The Labute approximate surface area is 185 Å². The first-order valence-electron chi connectivity index (χ1n) is 10.5. The number of fused-ring (bicyclic) bond motifs is 1. The van der Waals surface area contributed by atoms with Gasteiger partial charge in [-0.1, -0.05) is 118 Å². The molecule has 156 valence electrons. The molecule has 2 nitrogen and oxygen atoms in total. The van der Waals surface area contributed by atoms with E-state index >= 15 is 0 Å². The van der Waals surface area contributed by atoms with Crippen LogP contribution in [0.3, 0.4) is 0 Å². The van der Waals surface area contributed by atoms with Crippen LogP contribution in [0.5, 0.6) is 0 Å². The largest absolute Gasteiger partial charge is 0.462 e. The van der Waals surface area contributed by atoms with E-state index < -0.39 is 7.92 Å². The lowest BCUT2D eigenvalue weighted by atomic mass is 9.98. The molecule has 0 saturated heterocycles. The Kier molecular flexibility index (Phi) is 6.20. The molecule has 31 heavy (non-hydrogen) atoms. The molecule has 0 N–H and O–H groups in total. The fourth-order valence-corrected chi connectivity index (χ4v) is 6.05. The summed E-state index contributed by atoms with van der Waals surface area (Å²) in [4.78, 5) is 13.5. The first-order valence-corrected chi connectivity index (χ1v) is 11.9. The molecule has 0 amide bonds. The van der Waals surface area contributed by atoms with Crippen molar-refractivity contribution in [1.82, 2.24) is 0 Å². The predicted octanol–water partition coefficient (Wildman–Crippen LogP) is 5.80. The Bertz CT molecular complexity index is 1140. The lowest BCUT2D eigenvalue weighted by Gasteiger charge is -2.24. The van der Waals surface area contributed by atoms with Gasteiger partial charge in [-0.25, -0.2) is 4.79 Å². The van der Waals surface area contributed by atoms with E-state index in [4.69, 9.17) is 4.74 Å². The summed E-state index contributed by atoms with van der Waals surface area (Å²) in [6, 6.07) is 33.2. The maximum Gasteiger partial charge on any atom is 0.339 e. The van der Waals surface area contributed by atoms with Crippen LogP contribution < -0.4 is 15.9 Å². The van der Waals surface area contributed by atoms with Crippen LogP contribution in [-0.4, -0.2) is 12.6 Å². The second kappa shape index (κ2) is 9.04. The van der Waals surface area contributed by atoms with Gasteiger partial charge in [0.05, 0.1) is 12.2 Å². The van der Waals surface area contributed by atoms with Crippen LogP contribution in [0, 0.1) is 5.41 Å². The van der Waals surface area contributed by atoms with Gasteiger partial charge in [0.2, 0.25) is 0 Å². The lowest BCUT2D eigenvalue weighted by Crippen LogP contribution is -2.27. The molecular weight excluding hydrogens is 399 g/mol. The molecule has 0 saturated carbocycles. The number of rotatable bonds is 5. The summed E-state index contributed by atoms with van der Waals surface area (Å²) in [7, 11) is -0.912. The van der Waals surface area contributed by atoms with Crippen molar-refractivity contribution in [2.75, 3.05) is 6.61 Å². The van der Waals surface area contributed by atoms with Gasteiger partial charge in [-0.15, -0.1) is 0 Å². The number of carbonyl (C=O) groups excluding carboxylic acids is 1. The Morgan fingerprint density at radius 3 is 1.87 bits per heavy atom. The average molecular weight is 426 g/mol. The standard InChI is InChI=1S/C28H27O2P/c1-28(2,3)20-30-27(29)26-24-17-11-10-12-21(24)18-19-25(26)31(22-13-6-4-7-14-22)23-15-8-5-9-16-23/h4-19H,20H2,1-3H3. The number of benzene rings is 4. The maximum absolute atomic E-state index is 13.5. The van der Waals surface area contributed by atoms with E-state index in [-0.39, 0.29) is 11.4 Å². The minimum absolute atomic E-state index is 0.0933. The molecule has 0 aliphatic rings. The summed E-state index contributed by atoms with van der Waals surface area (Å²) < 4.78 is 5.83. The topological polar surface area (TPSA) is 26.3 Å². The molecule has 0 spiro atoms. The van der Waals surface area contributed by atoms with Gasteiger partial charge in [-0.2, -0.15) is 0 Å². The maximum atomic E-state index is 13.5. The molecular formula is C28H27O2P. The summed E-state index contributed by atoms with van der Waals surface area (Å²) in [6.07, 6.45) is 0. The summed E-state index contributed by atoms with van der Waals surface area (Å²) in [6.45, 7) is 6.60. The number of hydrogen-bond acceptors (Lipinski definition) is 2. The van der Waals surface area contributed by atoms with Crippen LogP contribution in [0.4, 0.5) is 0 Å². The summed E-state index contributed by atoms with van der Waals surface area (Å²) >= 11 is 0. The minimum Gasteiger partial charge on any atom is -0.462 e. The molecule has 4 aromatic rings. The summed E-state index contributed by atoms with van der Waals surface area (Å²) in [5.41, 5.74) is 0.588. The van der Waals surface area contributed by atoms with E-state index in [1.807, 2.05) is 36.4 Å². The molecule has 4 rings (SSSR count). The highest BCUT2D eigenvalue weighted by atomic mass is 31.1. The van der Waals surface area contributed by atoms with E-state index in [1.54, 1.807) is 0 Å². The van der Waals surface area contributed by atoms with Gasteiger partial charge < -0.3 is 4.74 Å². The molecule has 4 aromatic carbocycles. The number of carbonyl (C=O) groups is 1. The zero-order chi connectivity index (χ0) is 21.8. The summed E-state index contributed by atoms with van der Waals surface area (Å²) in [5, 5.41) is 5.45. The van der Waals surface area contributed by atoms with Gasteiger partial charge in [-0.05, 0) is 34.7 Å². The Hall–Kier alpha value is -2.96. The van der Waals surface area contributed by atoms with E-state index in [0.717, 1.165) is 16.1 Å². The van der Waals surface area contributed by atoms with Gasteiger partial charge in [0.25, 0.3) is 0 Å². The van der Waals surface area contributed by atoms with Crippen molar-refractivity contribution in [2.24, 2.45) is 5.41 Å². The highest BCUT2D eigenvalue weighted by Gasteiger charge is 2.26. The number of ether oxygens (including phenoxy) is 1. The first kappa shape index (κ1) is 21.3. The summed E-state index contributed by atoms with van der Waals surface area (Å²) in [5.74, 6) is -0.249. The number of esters is 1. The second-order valence-corrected chi connectivity index (χ2v) is 11.0. The van der Waals surface area contributed by atoms with Crippen LogP contribution >= 0.6 is 7.92 Å². The number of hydrogen-bond donors (Lipinski definition) is 0. The third-order valence-corrected chi connectivity index (χ3v) is 7.50. The van der Waals surface area contributed by atoms with Crippen molar-refractivity contribution in [1.29, 1.82) is 0 Å². The van der Waals surface area contributed by atoms with Crippen LogP contribution in [0.25, 0.3) is 10.8 Å². The van der Waals surface area contributed by atoms with Crippen LogP contribution in [-0.2, 0) is 4.74 Å². The monoisotopic (exact) mass is 426 g/mol. The molecule has 0 heterocycles. The fourth-order valence-electron chi connectivity index (χ4n) is 3.60.